The summed E-state index contributed by atoms with van der Waals surface area (Å²) < 4.78 is 0. The summed E-state index contributed by atoms with van der Waals surface area (Å²) in [4.78, 5) is 0.253. The van der Waals surface area contributed by atoms with Crippen molar-refractivity contribution in [2.24, 2.45) is 0 Å². The second kappa shape index (κ2) is 4.75. The maximum atomic E-state index is 3.26. The van der Waals surface area contributed by atoms with Gasteiger partial charge in [0.2, 0.25) is 0 Å². The van der Waals surface area contributed by atoms with Crippen LogP contribution in [0.5, 0.6) is 0 Å². The predicted molar refractivity (Wildman–Crippen MR) is 39.6 cm³/mol. The molecule has 0 nitrogen and oxygen atoms in total. The first kappa shape index (κ1) is 7.60. The van der Waals surface area contributed by atoms with Crippen molar-refractivity contribution in [3.63, 3.8) is 0 Å². The molecule has 0 heterocycles. The Labute approximate surface area is 58.8 Å². The smallest absolute Gasteiger partial charge is 0.0736 e. The van der Waals surface area contributed by atoms with E-state index in [9.17, 15) is 0 Å². The Kier molecular flexibility index (Phi) is 4.51. The molecule has 0 aromatic carbocycles. The zero-order chi connectivity index (χ0) is 6.41. The third-order valence-electron chi connectivity index (χ3n) is 0.459. The summed E-state index contributed by atoms with van der Waals surface area (Å²) in [7, 11) is 0. The Morgan fingerprint density at radius 3 is 2.38 bits per heavy atom. The normalized spacial score (nSPS) is 9.88. The van der Waals surface area contributed by atoms with Crippen molar-refractivity contribution in [2.45, 2.75) is 18.7 Å². The van der Waals surface area contributed by atoms with Crippen LogP contribution in [0.2, 0.25) is 0 Å². The van der Waals surface area contributed by atoms with Gasteiger partial charge in [-0.05, 0) is 25.7 Å². The number of halogens is 1. The van der Waals surface area contributed by atoms with E-state index in [-0.39, 0.29) is 4.83 Å². The molecule has 1 unspecified atom stereocenters. The third-order valence-corrected chi connectivity index (χ3v) is 0.687. The fraction of sp³-hybridized carbons (Fsp3) is 0.429. The van der Waals surface area contributed by atoms with Crippen LogP contribution in [-0.2, 0) is 0 Å². The minimum absolute atomic E-state index is 0.253. The molecule has 42 valence electrons. The average molecular weight is 171 g/mol. The topological polar surface area (TPSA) is 0 Å². The van der Waals surface area contributed by atoms with Crippen molar-refractivity contribution in [1.29, 1.82) is 0 Å². The van der Waals surface area contributed by atoms with Gasteiger partial charge in [-0.1, -0.05) is 27.8 Å². The summed E-state index contributed by atoms with van der Waals surface area (Å²) >= 11 is 3.26. The van der Waals surface area contributed by atoms with Crippen LogP contribution in [0.25, 0.3) is 0 Å². The van der Waals surface area contributed by atoms with Crippen LogP contribution in [0, 0.1) is 23.7 Å². The van der Waals surface area contributed by atoms with E-state index in [1.807, 2.05) is 6.92 Å². The number of hydrogen-bond donors (Lipinski definition) is 0. The highest BCUT2D eigenvalue weighted by molar-refractivity contribution is 9.09. The van der Waals surface area contributed by atoms with Gasteiger partial charge in [-0.15, -0.1) is 0 Å². The van der Waals surface area contributed by atoms with Gasteiger partial charge in [0.1, 0.15) is 0 Å². The molecule has 0 fully saturated rings. The lowest BCUT2D eigenvalue weighted by Crippen LogP contribution is -1.78. The van der Waals surface area contributed by atoms with Gasteiger partial charge in [0, 0.05) is 0 Å². The second-order valence-electron chi connectivity index (χ2n) is 1.26. The Bertz CT molecular complexity index is 158. The standard InChI is InChI=1S/C7H7Br/c1-3-4-5-6-7(2)8/h7H,1-2H3. The van der Waals surface area contributed by atoms with E-state index in [1.165, 1.54) is 0 Å². The van der Waals surface area contributed by atoms with Crippen LogP contribution >= 0.6 is 15.9 Å². The summed E-state index contributed by atoms with van der Waals surface area (Å²) in [5, 5.41) is 0. The minimum atomic E-state index is 0.253. The monoisotopic (exact) mass is 170 g/mol. The molecule has 1 atom stereocenters. The van der Waals surface area contributed by atoms with E-state index < -0.39 is 0 Å². The Hall–Kier alpha value is -0.400. The summed E-state index contributed by atoms with van der Waals surface area (Å²) in [5.74, 6) is 10.8. The van der Waals surface area contributed by atoms with Gasteiger partial charge in [-0.3, -0.25) is 0 Å². The molecular weight excluding hydrogens is 164 g/mol. The molecule has 0 aromatic heterocycles. The van der Waals surface area contributed by atoms with E-state index in [1.54, 1.807) is 6.92 Å². The molecular formula is C7H7Br. The van der Waals surface area contributed by atoms with E-state index >= 15 is 0 Å². The molecule has 0 bridgehead atoms. The summed E-state index contributed by atoms with van der Waals surface area (Å²) in [6.07, 6.45) is 0. The lowest BCUT2D eigenvalue weighted by Gasteiger charge is -1.79. The van der Waals surface area contributed by atoms with Gasteiger partial charge < -0.3 is 0 Å². The van der Waals surface area contributed by atoms with Crippen molar-refractivity contribution in [2.75, 3.05) is 0 Å². The minimum Gasteiger partial charge on any atom is -0.0925 e. The van der Waals surface area contributed by atoms with Crippen molar-refractivity contribution < 1.29 is 0 Å². The number of rotatable bonds is 0. The molecule has 1 heteroatoms. The fourth-order valence-corrected chi connectivity index (χ4v) is 0.312. The maximum Gasteiger partial charge on any atom is 0.0736 e. The zero-order valence-corrected chi connectivity index (χ0v) is 6.54. The summed E-state index contributed by atoms with van der Waals surface area (Å²) in [6.45, 7) is 3.73. The van der Waals surface area contributed by atoms with Crippen LogP contribution < -0.4 is 0 Å². The Balaban J connectivity index is 3.62. The molecule has 0 saturated heterocycles. The summed E-state index contributed by atoms with van der Waals surface area (Å²) in [6, 6.07) is 0. The first-order valence-electron chi connectivity index (χ1n) is 2.33. The van der Waals surface area contributed by atoms with Crippen LogP contribution in [0.3, 0.4) is 0 Å². The average Bonchev–Trinajstić information content (AvgIpc) is 1.66. The van der Waals surface area contributed by atoms with Crippen molar-refractivity contribution in [1.82, 2.24) is 0 Å². The molecule has 0 aliphatic heterocycles. The molecule has 0 saturated carbocycles. The highest BCUT2D eigenvalue weighted by atomic mass is 79.9. The Morgan fingerprint density at radius 2 is 2.00 bits per heavy atom. The van der Waals surface area contributed by atoms with Gasteiger partial charge in [0.25, 0.3) is 0 Å². The third kappa shape index (κ3) is 5.60. The molecule has 0 aliphatic rings. The predicted octanol–water partition coefficient (Wildman–Crippen LogP) is 1.80. The SMILES string of the molecule is CC#CC#CC(C)Br. The van der Waals surface area contributed by atoms with Gasteiger partial charge in [0.05, 0.1) is 4.83 Å². The Morgan fingerprint density at radius 1 is 1.38 bits per heavy atom. The second-order valence-corrected chi connectivity index (χ2v) is 2.63. The first-order valence-corrected chi connectivity index (χ1v) is 3.25. The summed E-state index contributed by atoms with van der Waals surface area (Å²) in [5.41, 5.74) is 0. The van der Waals surface area contributed by atoms with Crippen LogP contribution in [0.15, 0.2) is 0 Å². The quantitative estimate of drug-likeness (QED) is 0.385. The van der Waals surface area contributed by atoms with Gasteiger partial charge in [-0.2, -0.15) is 0 Å². The lowest BCUT2D eigenvalue weighted by atomic mass is 10.5. The van der Waals surface area contributed by atoms with Gasteiger partial charge in [-0.25, -0.2) is 0 Å². The molecule has 0 spiro atoms. The zero-order valence-electron chi connectivity index (χ0n) is 4.96. The van der Waals surface area contributed by atoms with Gasteiger partial charge in [0.15, 0.2) is 0 Å². The fourth-order valence-electron chi connectivity index (χ4n) is 0.198. The van der Waals surface area contributed by atoms with Crippen LogP contribution in [-0.4, -0.2) is 4.83 Å². The number of hydrogen-bond acceptors (Lipinski definition) is 0. The highest BCUT2D eigenvalue weighted by Crippen LogP contribution is 1.91. The molecule has 8 heavy (non-hydrogen) atoms. The van der Waals surface area contributed by atoms with Crippen molar-refractivity contribution >= 4 is 15.9 Å². The van der Waals surface area contributed by atoms with Gasteiger partial charge >= 0.3 is 0 Å². The molecule has 0 amide bonds. The van der Waals surface area contributed by atoms with Crippen molar-refractivity contribution in [3.05, 3.63) is 0 Å². The molecule has 0 aromatic rings. The molecule has 0 aliphatic carbocycles. The molecule has 0 radical (unpaired) electrons. The van der Waals surface area contributed by atoms with Crippen LogP contribution in [0.4, 0.5) is 0 Å². The lowest BCUT2D eigenvalue weighted by molar-refractivity contribution is 1.33. The first-order chi connectivity index (χ1) is 3.77. The maximum absolute atomic E-state index is 3.26. The van der Waals surface area contributed by atoms with E-state index in [4.69, 9.17) is 0 Å². The molecule has 0 N–H and O–H groups in total. The highest BCUT2D eigenvalue weighted by Gasteiger charge is 1.79. The van der Waals surface area contributed by atoms with Crippen molar-refractivity contribution in [3.8, 4) is 23.7 Å². The number of alkyl halides is 1. The largest absolute Gasteiger partial charge is 0.0925 e. The van der Waals surface area contributed by atoms with E-state index in [2.05, 4.69) is 39.6 Å². The molecule has 0 rings (SSSR count). The van der Waals surface area contributed by atoms with E-state index in [0.717, 1.165) is 0 Å². The van der Waals surface area contributed by atoms with E-state index in [0.29, 0.717) is 0 Å². The van der Waals surface area contributed by atoms with Crippen LogP contribution in [0.1, 0.15) is 13.8 Å².